The molecule has 0 amide bonds. The molecule has 1 aromatic rings. The van der Waals surface area contributed by atoms with E-state index in [9.17, 15) is 4.39 Å². The van der Waals surface area contributed by atoms with Crippen molar-refractivity contribution < 1.29 is 9.13 Å². The van der Waals surface area contributed by atoms with Crippen LogP contribution in [0.2, 0.25) is 0 Å². The maximum absolute atomic E-state index is 13.1. The first-order valence-electron chi connectivity index (χ1n) is 5.41. The Hall–Kier alpha value is -1.20. The lowest BCUT2D eigenvalue weighted by atomic mass is 10.3. The van der Waals surface area contributed by atoms with Gasteiger partial charge in [-0.05, 0) is 0 Å². The number of nitrogens with one attached hydrogen (secondary N) is 1. The van der Waals surface area contributed by atoms with E-state index in [1.54, 1.807) is 6.07 Å². The molecule has 1 fully saturated rings. The summed E-state index contributed by atoms with van der Waals surface area (Å²) in [4.78, 5) is 6.35. The van der Waals surface area contributed by atoms with Crippen LogP contribution in [0, 0.1) is 5.82 Å². The van der Waals surface area contributed by atoms with Crippen molar-refractivity contribution in [3.05, 3.63) is 23.8 Å². The van der Waals surface area contributed by atoms with Crippen molar-refractivity contribution in [2.24, 2.45) is 0 Å². The predicted octanol–water partition coefficient (Wildman–Crippen LogP) is 0.634. The van der Waals surface area contributed by atoms with E-state index in [0.29, 0.717) is 0 Å². The van der Waals surface area contributed by atoms with Gasteiger partial charge in [0.05, 0.1) is 19.0 Å². The summed E-state index contributed by atoms with van der Waals surface area (Å²) in [6.07, 6.45) is 1.22. The monoisotopic (exact) mass is 225 g/mol. The standard InChI is InChI=1S/C11H16FN3O/c1-16-11-6-9(14-7-10(11)12)8-15-4-2-13-3-5-15/h6-7,13H,2-5,8H2,1H3. The second-order valence-corrected chi connectivity index (χ2v) is 3.84. The fourth-order valence-electron chi connectivity index (χ4n) is 1.80. The second-order valence-electron chi connectivity index (χ2n) is 3.84. The number of hydrogen-bond donors (Lipinski definition) is 1. The molecule has 16 heavy (non-hydrogen) atoms. The molecule has 0 radical (unpaired) electrons. The summed E-state index contributed by atoms with van der Waals surface area (Å²) in [7, 11) is 1.47. The van der Waals surface area contributed by atoms with E-state index in [0.717, 1.165) is 38.4 Å². The SMILES string of the molecule is COc1cc(CN2CCNCC2)ncc1F. The summed E-state index contributed by atoms with van der Waals surface area (Å²) in [5.41, 5.74) is 0.847. The van der Waals surface area contributed by atoms with E-state index < -0.39 is 5.82 Å². The number of hydrogen-bond acceptors (Lipinski definition) is 4. The average Bonchev–Trinajstić information content (AvgIpc) is 2.33. The Labute approximate surface area is 94.4 Å². The van der Waals surface area contributed by atoms with E-state index in [-0.39, 0.29) is 5.75 Å². The number of rotatable bonds is 3. The minimum absolute atomic E-state index is 0.264. The first-order valence-corrected chi connectivity index (χ1v) is 5.41. The van der Waals surface area contributed by atoms with Gasteiger partial charge in [-0.15, -0.1) is 0 Å². The van der Waals surface area contributed by atoms with Crippen molar-refractivity contribution in [3.8, 4) is 5.75 Å². The van der Waals surface area contributed by atoms with Crippen molar-refractivity contribution in [1.82, 2.24) is 15.2 Å². The van der Waals surface area contributed by atoms with E-state index in [1.807, 2.05) is 0 Å². The average molecular weight is 225 g/mol. The predicted molar refractivity (Wildman–Crippen MR) is 58.9 cm³/mol. The highest BCUT2D eigenvalue weighted by molar-refractivity contribution is 5.24. The summed E-state index contributed by atoms with van der Waals surface area (Å²) in [5.74, 6) is -0.147. The third-order valence-electron chi connectivity index (χ3n) is 2.69. The molecule has 0 saturated carbocycles. The number of piperazine rings is 1. The van der Waals surface area contributed by atoms with Crippen LogP contribution in [-0.4, -0.2) is 43.2 Å². The maximum atomic E-state index is 13.1. The molecular weight excluding hydrogens is 209 g/mol. The van der Waals surface area contributed by atoms with Crippen LogP contribution in [0.1, 0.15) is 5.69 Å². The lowest BCUT2D eigenvalue weighted by molar-refractivity contribution is 0.230. The zero-order valence-corrected chi connectivity index (χ0v) is 9.37. The van der Waals surface area contributed by atoms with Crippen molar-refractivity contribution in [1.29, 1.82) is 0 Å². The third kappa shape index (κ3) is 2.68. The molecular formula is C11H16FN3O. The number of ether oxygens (including phenoxy) is 1. The van der Waals surface area contributed by atoms with Crippen LogP contribution in [0.3, 0.4) is 0 Å². The van der Waals surface area contributed by atoms with Gasteiger partial charge >= 0.3 is 0 Å². The molecule has 0 atom stereocenters. The molecule has 1 aliphatic heterocycles. The maximum Gasteiger partial charge on any atom is 0.183 e. The molecule has 1 saturated heterocycles. The van der Waals surface area contributed by atoms with Crippen molar-refractivity contribution in [3.63, 3.8) is 0 Å². The van der Waals surface area contributed by atoms with Crippen LogP contribution < -0.4 is 10.1 Å². The Morgan fingerprint density at radius 2 is 2.25 bits per heavy atom. The summed E-state index contributed by atoms with van der Waals surface area (Å²) >= 11 is 0. The van der Waals surface area contributed by atoms with Crippen molar-refractivity contribution >= 4 is 0 Å². The van der Waals surface area contributed by atoms with Crippen LogP contribution >= 0.6 is 0 Å². The second kappa shape index (κ2) is 5.23. The summed E-state index contributed by atoms with van der Waals surface area (Å²) in [5, 5.41) is 3.29. The Morgan fingerprint density at radius 1 is 1.50 bits per heavy atom. The van der Waals surface area contributed by atoms with E-state index in [1.165, 1.54) is 13.3 Å². The van der Waals surface area contributed by atoms with Gasteiger partial charge in [0, 0.05) is 38.8 Å². The minimum Gasteiger partial charge on any atom is -0.494 e. The molecule has 2 rings (SSSR count). The molecule has 0 unspecified atom stereocenters. The Kier molecular flexibility index (Phi) is 3.69. The molecule has 0 bridgehead atoms. The summed E-state index contributed by atoms with van der Waals surface area (Å²) < 4.78 is 18.1. The smallest absolute Gasteiger partial charge is 0.183 e. The quantitative estimate of drug-likeness (QED) is 0.819. The summed E-state index contributed by atoms with van der Waals surface area (Å²) in [6, 6.07) is 1.66. The van der Waals surface area contributed by atoms with Gasteiger partial charge in [0.2, 0.25) is 0 Å². The number of aromatic nitrogens is 1. The highest BCUT2D eigenvalue weighted by Crippen LogP contribution is 2.17. The molecule has 0 spiro atoms. The minimum atomic E-state index is -0.411. The normalized spacial score (nSPS) is 17.4. The van der Waals surface area contributed by atoms with Gasteiger partial charge < -0.3 is 10.1 Å². The number of nitrogens with zero attached hydrogens (tertiary/aromatic N) is 2. The van der Waals surface area contributed by atoms with Gasteiger partial charge in [-0.3, -0.25) is 9.88 Å². The Morgan fingerprint density at radius 3 is 2.94 bits per heavy atom. The van der Waals surface area contributed by atoms with Gasteiger partial charge in [-0.25, -0.2) is 4.39 Å². The molecule has 1 aromatic heterocycles. The fourth-order valence-corrected chi connectivity index (χ4v) is 1.80. The van der Waals surface area contributed by atoms with Crippen LogP contribution in [-0.2, 0) is 6.54 Å². The number of methoxy groups -OCH3 is 1. The van der Waals surface area contributed by atoms with Crippen molar-refractivity contribution in [2.75, 3.05) is 33.3 Å². The Bertz CT molecular complexity index is 353. The molecule has 4 nitrogen and oxygen atoms in total. The lowest BCUT2D eigenvalue weighted by Crippen LogP contribution is -2.43. The topological polar surface area (TPSA) is 37.4 Å². The van der Waals surface area contributed by atoms with E-state index in [4.69, 9.17) is 4.74 Å². The summed E-state index contributed by atoms with van der Waals surface area (Å²) in [6.45, 7) is 4.75. The first-order chi connectivity index (χ1) is 7.79. The van der Waals surface area contributed by atoms with Crippen molar-refractivity contribution in [2.45, 2.75) is 6.54 Å². The fraction of sp³-hybridized carbons (Fsp3) is 0.545. The first kappa shape index (κ1) is 11.3. The zero-order valence-electron chi connectivity index (χ0n) is 9.37. The van der Waals surface area contributed by atoms with Gasteiger partial charge in [0.1, 0.15) is 0 Å². The van der Waals surface area contributed by atoms with E-state index in [2.05, 4.69) is 15.2 Å². The number of pyridine rings is 1. The molecule has 1 N–H and O–H groups in total. The third-order valence-corrected chi connectivity index (χ3v) is 2.69. The largest absolute Gasteiger partial charge is 0.494 e. The highest BCUT2D eigenvalue weighted by Gasteiger charge is 2.12. The van der Waals surface area contributed by atoms with Crippen LogP contribution in [0.15, 0.2) is 12.3 Å². The lowest BCUT2D eigenvalue weighted by Gasteiger charge is -2.26. The zero-order chi connectivity index (χ0) is 11.4. The molecule has 0 aromatic carbocycles. The van der Waals surface area contributed by atoms with Gasteiger partial charge in [0.25, 0.3) is 0 Å². The molecule has 5 heteroatoms. The molecule has 2 heterocycles. The Balaban J connectivity index is 2.03. The van der Waals surface area contributed by atoms with Gasteiger partial charge in [-0.1, -0.05) is 0 Å². The van der Waals surface area contributed by atoms with Crippen LogP contribution in [0.5, 0.6) is 5.75 Å². The van der Waals surface area contributed by atoms with Crippen LogP contribution in [0.4, 0.5) is 4.39 Å². The van der Waals surface area contributed by atoms with E-state index >= 15 is 0 Å². The highest BCUT2D eigenvalue weighted by atomic mass is 19.1. The van der Waals surface area contributed by atoms with Crippen LogP contribution in [0.25, 0.3) is 0 Å². The van der Waals surface area contributed by atoms with Gasteiger partial charge in [-0.2, -0.15) is 0 Å². The molecule has 88 valence electrons. The van der Waals surface area contributed by atoms with Gasteiger partial charge in [0.15, 0.2) is 11.6 Å². The number of halogens is 1. The molecule has 1 aliphatic rings. The molecule has 0 aliphatic carbocycles.